The average molecular weight is 434 g/mol. The van der Waals surface area contributed by atoms with Crippen LogP contribution < -0.4 is 34.9 Å². The van der Waals surface area contributed by atoms with E-state index in [0.717, 1.165) is 0 Å². The maximum atomic E-state index is 12.5. The molecule has 2 aromatic carbocycles. The standard InChI is InChI=1S/C20H20N4O6.Na/c21-17(27)16(13-4-2-1-3-5-13)22-20(30)24-9-8-23(18(28)19(24)29)11-12-6-7-14(25)15(26)10-12;/h1-7,10,16H,8-9,11H2,(H5,21,22,25,26,27,28,29,30);/q;+1/p-1. The van der Waals surface area contributed by atoms with E-state index < -0.39 is 29.8 Å². The molecule has 11 heteroatoms. The van der Waals surface area contributed by atoms with Gasteiger partial charge in [0.25, 0.3) is 0 Å². The smallest absolute Gasteiger partial charge is 0.666 e. The molecule has 156 valence electrons. The SMILES string of the molecule is [NH-]C(=O)C(NC(=O)N1CCN(Cc2ccc(O)c(O)c2)C(=O)C1=O)c1ccccc1.[Na+]. The first kappa shape index (κ1) is 24.2. The third-order valence-electron chi connectivity index (χ3n) is 4.63. The van der Waals surface area contributed by atoms with Gasteiger partial charge in [0, 0.05) is 19.6 Å². The Morgan fingerprint density at radius 1 is 1.00 bits per heavy atom. The van der Waals surface area contributed by atoms with E-state index in [0.29, 0.717) is 16.0 Å². The molecule has 2 aromatic rings. The van der Waals surface area contributed by atoms with Crippen molar-refractivity contribution >= 4 is 23.8 Å². The molecule has 0 radical (unpaired) electrons. The second kappa shape index (κ2) is 10.3. The second-order valence-electron chi connectivity index (χ2n) is 6.66. The first-order valence-electron chi connectivity index (χ1n) is 9.00. The maximum absolute atomic E-state index is 12.5. The van der Waals surface area contributed by atoms with Crippen LogP contribution >= 0.6 is 0 Å². The van der Waals surface area contributed by atoms with Crippen LogP contribution in [0, 0.1) is 0 Å². The van der Waals surface area contributed by atoms with Crippen LogP contribution in [0.4, 0.5) is 4.79 Å². The van der Waals surface area contributed by atoms with Gasteiger partial charge in [-0.2, -0.15) is 0 Å². The zero-order valence-corrected chi connectivity index (χ0v) is 18.7. The Labute approximate surface area is 199 Å². The molecule has 0 spiro atoms. The Kier molecular flexibility index (Phi) is 8.03. The van der Waals surface area contributed by atoms with Crippen molar-refractivity contribution in [2.24, 2.45) is 0 Å². The molecule has 1 aliphatic heterocycles. The Balaban J connectivity index is 0.00000341. The van der Waals surface area contributed by atoms with E-state index in [-0.39, 0.29) is 60.7 Å². The first-order valence-corrected chi connectivity index (χ1v) is 9.00. The molecule has 1 aliphatic rings. The van der Waals surface area contributed by atoms with Gasteiger partial charge in [0.2, 0.25) is 0 Å². The van der Waals surface area contributed by atoms with Crippen LogP contribution in [0.25, 0.3) is 5.73 Å². The number of carbonyl (C=O) groups excluding carboxylic acids is 4. The Morgan fingerprint density at radius 2 is 1.68 bits per heavy atom. The molecule has 1 unspecified atom stereocenters. The van der Waals surface area contributed by atoms with Gasteiger partial charge in [0.15, 0.2) is 11.5 Å². The third kappa shape index (κ3) is 5.54. The van der Waals surface area contributed by atoms with Gasteiger partial charge in [0.1, 0.15) is 0 Å². The van der Waals surface area contributed by atoms with Crippen LogP contribution in [0.1, 0.15) is 17.2 Å². The summed E-state index contributed by atoms with van der Waals surface area (Å²) in [7, 11) is 0. The molecule has 1 saturated heterocycles. The van der Waals surface area contributed by atoms with Crippen molar-refractivity contribution in [2.75, 3.05) is 13.1 Å². The van der Waals surface area contributed by atoms with Gasteiger partial charge in [-0.05, 0) is 23.3 Å². The number of urea groups is 1. The molecule has 0 aliphatic carbocycles. The summed E-state index contributed by atoms with van der Waals surface area (Å²) >= 11 is 0. The third-order valence-corrected chi connectivity index (χ3v) is 4.63. The number of nitrogens with zero attached hydrogens (tertiary/aromatic N) is 2. The van der Waals surface area contributed by atoms with Crippen molar-refractivity contribution in [1.82, 2.24) is 15.1 Å². The molecule has 0 saturated carbocycles. The maximum Gasteiger partial charge on any atom is 1.00 e. The fourth-order valence-corrected chi connectivity index (χ4v) is 3.05. The number of nitrogens with one attached hydrogen (secondary N) is 2. The molecular formula is C20H19N4NaO6. The topological polar surface area (TPSA) is 151 Å². The monoisotopic (exact) mass is 434 g/mol. The number of amides is 5. The molecule has 3 rings (SSSR count). The van der Waals surface area contributed by atoms with E-state index in [1.165, 1.54) is 23.1 Å². The fraction of sp³-hybridized carbons (Fsp3) is 0.200. The molecule has 0 bridgehead atoms. The van der Waals surface area contributed by atoms with Crippen molar-refractivity contribution < 1.29 is 58.9 Å². The molecule has 10 nitrogen and oxygen atoms in total. The predicted octanol–water partition coefficient (Wildman–Crippen LogP) is -1.70. The van der Waals surface area contributed by atoms with Crippen LogP contribution in [-0.2, 0) is 20.9 Å². The van der Waals surface area contributed by atoms with Crippen molar-refractivity contribution in [2.45, 2.75) is 12.6 Å². The van der Waals surface area contributed by atoms with Crippen LogP contribution in [0.5, 0.6) is 11.5 Å². The second-order valence-corrected chi connectivity index (χ2v) is 6.66. The van der Waals surface area contributed by atoms with Crippen molar-refractivity contribution in [3.05, 3.63) is 65.4 Å². The normalized spacial score (nSPS) is 14.6. The van der Waals surface area contributed by atoms with E-state index in [4.69, 9.17) is 5.73 Å². The summed E-state index contributed by atoms with van der Waals surface area (Å²) in [5, 5.41) is 21.2. The minimum atomic E-state index is -1.26. The van der Waals surface area contributed by atoms with Gasteiger partial charge in [-0.1, -0.05) is 36.4 Å². The number of imide groups is 1. The largest absolute Gasteiger partial charge is 1.00 e. The van der Waals surface area contributed by atoms with Gasteiger partial charge >= 0.3 is 47.4 Å². The van der Waals surface area contributed by atoms with Crippen LogP contribution in [0.15, 0.2) is 48.5 Å². The van der Waals surface area contributed by atoms with Crippen LogP contribution in [-0.4, -0.2) is 56.9 Å². The van der Waals surface area contributed by atoms with Gasteiger partial charge in [-0.15, -0.1) is 0 Å². The number of benzene rings is 2. The average Bonchev–Trinajstić information content (AvgIpc) is 2.72. The summed E-state index contributed by atoms with van der Waals surface area (Å²) in [5.41, 5.74) is 8.27. The molecule has 31 heavy (non-hydrogen) atoms. The van der Waals surface area contributed by atoms with Crippen molar-refractivity contribution in [3.63, 3.8) is 0 Å². The van der Waals surface area contributed by atoms with E-state index in [1.54, 1.807) is 30.3 Å². The number of hydrogen-bond acceptors (Lipinski definition) is 6. The molecule has 1 heterocycles. The number of aromatic hydroxyl groups is 2. The Bertz CT molecular complexity index is 1000. The van der Waals surface area contributed by atoms with Gasteiger partial charge in [-0.3, -0.25) is 14.5 Å². The molecule has 1 fully saturated rings. The predicted molar refractivity (Wildman–Crippen MR) is 104 cm³/mol. The summed E-state index contributed by atoms with van der Waals surface area (Å²) in [6, 6.07) is 9.97. The summed E-state index contributed by atoms with van der Waals surface area (Å²) in [4.78, 5) is 50.9. The zero-order valence-electron chi connectivity index (χ0n) is 16.7. The molecular weight excluding hydrogens is 415 g/mol. The van der Waals surface area contributed by atoms with Crippen molar-refractivity contribution in [1.29, 1.82) is 0 Å². The number of piperazine rings is 1. The quantitative estimate of drug-likeness (QED) is 0.290. The fourth-order valence-electron chi connectivity index (χ4n) is 3.05. The number of rotatable bonds is 5. The minimum absolute atomic E-state index is 0. The summed E-state index contributed by atoms with van der Waals surface area (Å²) in [5.74, 6) is -3.70. The van der Waals surface area contributed by atoms with Gasteiger partial charge < -0.3 is 31.0 Å². The van der Waals surface area contributed by atoms with Crippen molar-refractivity contribution in [3.8, 4) is 11.5 Å². The molecule has 4 N–H and O–H groups in total. The number of carbonyl (C=O) groups is 4. The van der Waals surface area contributed by atoms with Crippen LogP contribution in [0.2, 0.25) is 0 Å². The van der Waals surface area contributed by atoms with Crippen LogP contribution in [0.3, 0.4) is 0 Å². The van der Waals surface area contributed by atoms with Gasteiger partial charge in [0.05, 0.1) is 11.9 Å². The molecule has 5 amide bonds. The molecule has 1 atom stereocenters. The summed E-state index contributed by atoms with van der Waals surface area (Å²) in [6.07, 6.45) is 0. The minimum Gasteiger partial charge on any atom is -0.666 e. The van der Waals surface area contributed by atoms with E-state index in [1.807, 2.05) is 0 Å². The van der Waals surface area contributed by atoms with E-state index in [2.05, 4.69) is 5.32 Å². The van der Waals surface area contributed by atoms with E-state index in [9.17, 15) is 29.4 Å². The summed E-state index contributed by atoms with van der Waals surface area (Å²) in [6.45, 7) is -0.0512. The zero-order chi connectivity index (χ0) is 21.8. The first-order chi connectivity index (χ1) is 14.3. The summed E-state index contributed by atoms with van der Waals surface area (Å²) < 4.78 is 0. The Morgan fingerprint density at radius 3 is 2.29 bits per heavy atom. The number of phenols is 2. The number of hydrogen-bond donors (Lipinski definition) is 3. The molecule has 0 aromatic heterocycles. The number of phenolic OH excluding ortho intramolecular Hbond substituents is 2. The van der Waals surface area contributed by atoms with E-state index >= 15 is 0 Å². The Hall–Kier alpha value is -3.08. The van der Waals surface area contributed by atoms with Gasteiger partial charge in [-0.25, -0.2) is 4.79 Å².